The van der Waals surface area contributed by atoms with Crippen LogP contribution in [0.3, 0.4) is 0 Å². The number of hydrogen-bond acceptors (Lipinski definition) is 6. The maximum Gasteiger partial charge on any atom is 0.332 e. The molecule has 0 fully saturated rings. The van der Waals surface area contributed by atoms with Gasteiger partial charge in [0.2, 0.25) is 0 Å². The molecule has 11 nitrogen and oxygen atoms in total. The molecule has 0 spiro atoms. The van der Waals surface area contributed by atoms with E-state index in [2.05, 4.69) is 29.8 Å². The van der Waals surface area contributed by atoms with Gasteiger partial charge in [-0.05, 0) is 82.7 Å². The Labute approximate surface area is 303 Å². The minimum absolute atomic E-state index is 0.390. The molecule has 2 heterocycles. The standard InChI is InChI=1S/C13H10Cl2N4.C13H11Cl2NO.C7H8N3O2P/c14-11-3-1-2-10(13(11)15)12(18-19-16)8-9-4-6-17-7-5-9;14-11-3-1-2-10(13(11)15)12(17)8-9-4-6-16-7-5-9;1-13(11,10-9-8)12-7-5-3-2-4-6-7/h1-7,12H,8H2;1-7,12,17H,8H2;2-6H,1H3. The fourth-order valence-electron chi connectivity index (χ4n) is 4.19. The predicted molar refractivity (Wildman–Crippen MR) is 195 cm³/mol. The largest absolute Gasteiger partial charge is 0.439 e. The van der Waals surface area contributed by atoms with Crippen LogP contribution >= 0.6 is 53.9 Å². The lowest BCUT2D eigenvalue weighted by Gasteiger charge is -2.14. The van der Waals surface area contributed by atoms with Crippen LogP contribution in [-0.4, -0.2) is 21.7 Å². The van der Waals surface area contributed by atoms with Crippen molar-refractivity contribution in [2.45, 2.75) is 25.0 Å². The maximum absolute atomic E-state index is 11.3. The number of aliphatic hydroxyl groups is 1. The van der Waals surface area contributed by atoms with Crippen LogP contribution in [0.15, 0.2) is 126 Å². The Morgan fingerprint density at radius 2 is 1.24 bits per heavy atom. The number of rotatable bonds is 10. The Kier molecular flexibility index (Phi) is 16.2. The first-order valence-electron chi connectivity index (χ1n) is 14.3. The third-order valence-corrected chi connectivity index (χ3v) is 9.07. The first kappa shape index (κ1) is 39.2. The Balaban J connectivity index is 0.000000203. The average molecular weight is 758 g/mol. The van der Waals surface area contributed by atoms with E-state index in [0.29, 0.717) is 44.2 Å². The fraction of sp³-hybridized carbons (Fsp3) is 0.152. The highest BCUT2D eigenvalue weighted by Crippen LogP contribution is 2.44. The molecular weight excluding hydrogens is 729 g/mol. The second-order valence-corrected chi connectivity index (χ2v) is 13.6. The van der Waals surface area contributed by atoms with E-state index in [1.807, 2.05) is 30.3 Å². The molecule has 5 aromatic rings. The van der Waals surface area contributed by atoms with E-state index < -0.39 is 19.7 Å². The number of azide groups is 2. The summed E-state index contributed by atoms with van der Waals surface area (Å²) >= 11 is 24.1. The van der Waals surface area contributed by atoms with Gasteiger partial charge in [0.25, 0.3) is 0 Å². The minimum Gasteiger partial charge on any atom is -0.439 e. The van der Waals surface area contributed by atoms with Crippen LogP contribution < -0.4 is 4.52 Å². The topological polar surface area (TPSA) is 170 Å². The fourth-order valence-corrected chi connectivity index (χ4v) is 5.76. The van der Waals surface area contributed by atoms with Gasteiger partial charge < -0.3 is 9.63 Å². The van der Waals surface area contributed by atoms with Gasteiger partial charge in [0.15, 0.2) is 0 Å². The molecule has 0 radical (unpaired) electrons. The summed E-state index contributed by atoms with van der Waals surface area (Å²) in [7, 11) is -3.21. The number of aromatic nitrogens is 2. The summed E-state index contributed by atoms with van der Waals surface area (Å²) in [6.45, 7) is 1.26. The van der Waals surface area contributed by atoms with Gasteiger partial charge in [-0.15, -0.1) is 0 Å². The first-order chi connectivity index (χ1) is 23.5. The second kappa shape index (κ2) is 20.3. The molecule has 0 amide bonds. The number of aliphatic hydroxyl groups excluding tert-OH is 1. The Morgan fingerprint density at radius 1 is 0.735 bits per heavy atom. The lowest BCUT2D eigenvalue weighted by Crippen LogP contribution is -2.02. The summed E-state index contributed by atoms with van der Waals surface area (Å²) < 4.78 is 16.3. The monoisotopic (exact) mass is 756 g/mol. The zero-order valence-corrected chi connectivity index (χ0v) is 29.8. The van der Waals surface area contributed by atoms with Crippen LogP contribution in [0.1, 0.15) is 34.4 Å². The molecule has 0 saturated carbocycles. The van der Waals surface area contributed by atoms with Crippen molar-refractivity contribution in [3.8, 4) is 5.75 Å². The molecule has 3 unspecified atom stereocenters. The van der Waals surface area contributed by atoms with Gasteiger partial charge in [-0.1, -0.05) is 94.0 Å². The summed E-state index contributed by atoms with van der Waals surface area (Å²) in [5, 5.41) is 15.7. The summed E-state index contributed by atoms with van der Waals surface area (Å²) in [6, 6.07) is 26.2. The van der Waals surface area contributed by atoms with Crippen LogP contribution in [0.5, 0.6) is 5.75 Å². The van der Waals surface area contributed by atoms with Crippen molar-refractivity contribution < 1.29 is 14.2 Å². The number of benzene rings is 3. The van der Waals surface area contributed by atoms with E-state index in [9.17, 15) is 9.67 Å². The average Bonchev–Trinajstić information content (AvgIpc) is 3.09. The Bertz CT molecular complexity index is 1930. The molecule has 49 heavy (non-hydrogen) atoms. The van der Waals surface area contributed by atoms with E-state index in [-0.39, 0.29) is 0 Å². The van der Waals surface area contributed by atoms with E-state index >= 15 is 0 Å². The normalized spacial score (nSPS) is 12.5. The molecule has 252 valence electrons. The highest BCUT2D eigenvalue weighted by molar-refractivity contribution is 7.56. The van der Waals surface area contributed by atoms with E-state index in [4.69, 9.17) is 62.0 Å². The van der Waals surface area contributed by atoms with Gasteiger partial charge in [-0.3, -0.25) is 14.5 Å². The summed E-state index contributed by atoms with van der Waals surface area (Å²) in [6.07, 6.45) is 7.16. The zero-order valence-electron chi connectivity index (χ0n) is 25.8. The molecule has 0 aliphatic rings. The van der Waals surface area contributed by atoms with Crippen LogP contribution in [0.4, 0.5) is 0 Å². The summed E-state index contributed by atoms with van der Waals surface area (Å²) in [5.41, 5.74) is 20.2. The lowest BCUT2D eigenvalue weighted by atomic mass is 10.0. The molecule has 3 atom stereocenters. The zero-order chi connectivity index (χ0) is 35.6. The predicted octanol–water partition coefficient (Wildman–Crippen LogP) is 11.8. The molecule has 1 N–H and O–H groups in total. The number of halogens is 4. The Hall–Kier alpha value is -4.27. The smallest absolute Gasteiger partial charge is 0.332 e. The quantitative estimate of drug-likeness (QED) is 0.0645. The van der Waals surface area contributed by atoms with E-state index in [0.717, 1.165) is 16.7 Å². The molecule has 0 bridgehead atoms. The van der Waals surface area contributed by atoms with Gasteiger partial charge in [0.05, 0.1) is 32.2 Å². The van der Waals surface area contributed by atoms with Crippen molar-refractivity contribution in [3.63, 3.8) is 0 Å². The number of para-hydroxylation sites is 1. The summed E-state index contributed by atoms with van der Waals surface area (Å²) in [5.74, 6) is 0.431. The molecule has 3 aromatic carbocycles. The van der Waals surface area contributed by atoms with Crippen molar-refractivity contribution >= 4 is 53.9 Å². The first-order valence-corrected chi connectivity index (χ1v) is 17.8. The van der Waals surface area contributed by atoms with Gasteiger partial charge in [-0.2, -0.15) is 0 Å². The number of hydrogen-bond donors (Lipinski definition) is 1. The molecule has 0 aliphatic heterocycles. The van der Waals surface area contributed by atoms with Crippen LogP contribution in [0.25, 0.3) is 20.9 Å². The third kappa shape index (κ3) is 13.3. The molecule has 5 rings (SSSR count). The highest BCUT2D eigenvalue weighted by atomic mass is 35.5. The molecule has 0 aliphatic carbocycles. The molecule has 2 aromatic heterocycles. The van der Waals surface area contributed by atoms with Crippen LogP contribution in [-0.2, 0) is 17.4 Å². The molecular formula is C33H29Cl4N8O3P. The van der Waals surface area contributed by atoms with Crippen molar-refractivity contribution in [2.75, 3.05) is 6.66 Å². The SMILES string of the molecule is CP(=O)(N=[N+]=[N-])Oc1ccccc1.OC(Cc1ccncc1)c1cccc(Cl)c1Cl.[N-]=[N+]=NC(Cc1ccncc1)c1cccc(Cl)c1Cl. The van der Waals surface area contributed by atoms with Crippen molar-refractivity contribution in [1.82, 2.24) is 9.97 Å². The second-order valence-electron chi connectivity index (χ2n) is 10.0. The van der Waals surface area contributed by atoms with Gasteiger partial charge in [0, 0.05) is 58.1 Å². The minimum atomic E-state index is -3.21. The molecule has 16 heteroatoms. The number of nitrogens with zero attached hydrogens (tertiary/aromatic N) is 8. The number of pyridine rings is 2. The van der Waals surface area contributed by atoms with Crippen LogP contribution in [0.2, 0.25) is 20.1 Å². The van der Waals surface area contributed by atoms with Gasteiger partial charge >= 0.3 is 7.52 Å². The molecule has 0 saturated heterocycles. The summed E-state index contributed by atoms with van der Waals surface area (Å²) in [4.78, 5) is 16.3. The van der Waals surface area contributed by atoms with Crippen molar-refractivity contribution in [1.29, 1.82) is 0 Å². The van der Waals surface area contributed by atoms with E-state index in [1.165, 1.54) is 6.66 Å². The highest BCUT2D eigenvalue weighted by Gasteiger charge is 2.16. The third-order valence-electron chi connectivity index (χ3n) is 6.45. The van der Waals surface area contributed by atoms with Crippen molar-refractivity contribution in [3.05, 3.63) is 179 Å². The van der Waals surface area contributed by atoms with Gasteiger partial charge in [-0.25, -0.2) is 0 Å². The van der Waals surface area contributed by atoms with E-state index in [1.54, 1.807) is 85.5 Å². The maximum atomic E-state index is 11.3. The van der Waals surface area contributed by atoms with Crippen LogP contribution in [0, 0.1) is 0 Å². The Morgan fingerprint density at radius 3 is 1.78 bits per heavy atom. The van der Waals surface area contributed by atoms with Crippen molar-refractivity contribution in [2.24, 2.45) is 10.00 Å². The van der Waals surface area contributed by atoms with Gasteiger partial charge in [0.1, 0.15) is 5.75 Å². The lowest BCUT2D eigenvalue weighted by molar-refractivity contribution is 0.178.